The van der Waals surface area contributed by atoms with E-state index in [9.17, 15) is 4.79 Å². The largest absolute Gasteiger partial charge is 0.493 e. The van der Waals surface area contributed by atoms with Gasteiger partial charge in [-0.3, -0.25) is 0 Å². The molecule has 0 saturated carbocycles. The summed E-state index contributed by atoms with van der Waals surface area (Å²) < 4.78 is 11.1. The molecule has 0 radical (unpaired) electrons. The maximum atomic E-state index is 11.1. The number of carbonyl (C=O) groups is 1. The number of aromatic nitrogens is 2. The number of hydrogen-bond donors (Lipinski definition) is 2. The molecule has 2 aromatic heterocycles. The third-order valence-corrected chi connectivity index (χ3v) is 3.99. The number of carboxylic acid groups (broad SMARTS) is 1. The van der Waals surface area contributed by atoms with Gasteiger partial charge in [0.2, 0.25) is 0 Å². The van der Waals surface area contributed by atoms with Crippen molar-refractivity contribution in [3.8, 4) is 5.75 Å². The van der Waals surface area contributed by atoms with Crippen molar-refractivity contribution in [1.82, 2.24) is 9.97 Å². The topological polar surface area (TPSA) is 88.3 Å². The second-order valence-corrected chi connectivity index (χ2v) is 5.85. The van der Waals surface area contributed by atoms with E-state index in [1.165, 1.54) is 6.20 Å². The second-order valence-electron chi connectivity index (χ2n) is 5.85. The van der Waals surface area contributed by atoms with E-state index in [0.29, 0.717) is 30.9 Å². The molecule has 2 N–H and O–H groups in total. The van der Waals surface area contributed by atoms with Gasteiger partial charge in [-0.2, -0.15) is 0 Å². The third kappa shape index (κ3) is 5.13. The fourth-order valence-corrected chi connectivity index (χ4v) is 2.73. The van der Waals surface area contributed by atoms with Crippen LogP contribution < -0.4 is 4.74 Å². The van der Waals surface area contributed by atoms with Crippen molar-refractivity contribution in [1.29, 1.82) is 0 Å². The number of oxazole rings is 1. The summed E-state index contributed by atoms with van der Waals surface area (Å²) in [5, 5.41) is 9.14. The van der Waals surface area contributed by atoms with Crippen LogP contribution in [-0.2, 0) is 12.8 Å². The monoisotopic (exact) mass is 380 g/mol. The first-order chi connectivity index (χ1) is 12.0. The molecule has 0 unspecified atom stereocenters. The van der Waals surface area contributed by atoms with Crippen LogP contribution in [0.3, 0.4) is 0 Å². The van der Waals surface area contributed by atoms with E-state index < -0.39 is 5.97 Å². The molecular weight excluding hydrogens is 360 g/mol. The minimum absolute atomic E-state index is 0. The van der Waals surface area contributed by atoms with Gasteiger partial charge in [-0.1, -0.05) is 12.1 Å². The van der Waals surface area contributed by atoms with Gasteiger partial charge in [-0.05, 0) is 36.6 Å². The molecule has 2 heterocycles. The summed E-state index contributed by atoms with van der Waals surface area (Å²) in [4.78, 5) is 18.3. The molecule has 0 bridgehead atoms. The Morgan fingerprint density at radius 2 is 1.96 bits per heavy atom. The minimum Gasteiger partial charge on any atom is -0.493 e. The SMILES string of the molecule is Cc1nc(CCOc2ccc(Cc3c[nH]cc3C(=O)O)cc2)c(C)o1.[Ar]. The summed E-state index contributed by atoms with van der Waals surface area (Å²) in [5.41, 5.74) is 3.01. The Hall–Kier alpha value is -1.76. The van der Waals surface area contributed by atoms with E-state index >= 15 is 0 Å². The number of aromatic amines is 1. The number of carboxylic acids is 1. The quantitative estimate of drug-likeness (QED) is 0.655. The fourth-order valence-electron chi connectivity index (χ4n) is 2.73. The summed E-state index contributed by atoms with van der Waals surface area (Å²) >= 11 is 0. The number of H-pyrrole nitrogens is 1. The Labute approximate surface area is 181 Å². The molecule has 6 nitrogen and oxygen atoms in total. The van der Waals surface area contributed by atoms with Crippen molar-refractivity contribution in [2.45, 2.75) is 26.7 Å². The van der Waals surface area contributed by atoms with E-state index in [0.717, 1.165) is 28.3 Å². The number of rotatable bonds is 7. The Kier molecular flexibility index (Phi) is 7.32. The molecule has 1 aromatic carbocycles. The van der Waals surface area contributed by atoms with Crippen molar-refractivity contribution in [2.75, 3.05) is 6.61 Å². The molecule has 0 aliphatic heterocycles. The fraction of sp³-hybridized carbons (Fsp3) is 0.263. The number of hydrogen-bond acceptors (Lipinski definition) is 4. The smallest absolute Gasteiger partial charge is 0.337 e. The maximum Gasteiger partial charge on any atom is 0.337 e. The van der Waals surface area contributed by atoms with Crippen molar-refractivity contribution in [2.24, 2.45) is 0 Å². The van der Waals surface area contributed by atoms with E-state index in [1.807, 2.05) is 38.1 Å². The number of nitrogens with one attached hydrogen (secondary N) is 1. The van der Waals surface area contributed by atoms with Gasteiger partial charge < -0.3 is 19.2 Å². The normalized spacial score (nSPS) is 10.4. The predicted octanol–water partition coefficient (Wildman–Crippen LogP) is 3.53. The predicted molar refractivity (Wildman–Crippen MR) is 92.2 cm³/mol. The molecule has 0 aliphatic rings. The zero-order chi connectivity index (χ0) is 17.8. The zero-order valence-electron chi connectivity index (χ0n) is 14.6. The van der Waals surface area contributed by atoms with Crippen molar-refractivity contribution < 1.29 is 56.8 Å². The van der Waals surface area contributed by atoms with Gasteiger partial charge in [-0.25, -0.2) is 9.78 Å². The standard InChI is InChI=1S/C19H20N2O4.Ar/c1-12-18(21-13(2)25-12)7-8-24-16-5-3-14(4-6-16)9-15-10-20-11-17(15)19(22)23;/h3-6,10-11,20H,7-9H2,1-2H3,(H,22,23);. The van der Waals surface area contributed by atoms with Gasteiger partial charge in [-0.15, -0.1) is 0 Å². The summed E-state index contributed by atoms with van der Waals surface area (Å²) in [6, 6.07) is 7.67. The van der Waals surface area contributed by atoms with Crippen LogP contribution in [0.1, 0.15) is 38.8 Å². The Morgan fingerprint density at radius 3 is 2.58 bits per heavy atom. The van der Waals surface area contributed by atoms with Gasteiger partial charge in [0, 0.05) is 63.5 Å². The third-order valence-electron chi connectivity index (χ3n) is 3.99. The van der Waals surface area contributed by atoms with Crippen LogP contribution in [0.25, 0.3) is 0 Å². The maximum absolute atomic E-state index is 11.1. The van der Waals surface area contributed by atoms with E-state index in [4.69, 9.17) is 14.3 Å². The van der Waals surface area contributed by atoms with Gasteiger partial charge in [0.05, 0.1) is 17.9 Å². The number of ether oxygens (including phenoxy) is 1. The van der Waals surface area contributed by atoms with Crippen LogP contribution in [0.4, 0.5) is 0 Å². The molecule has 26 heavy (non-hydrogen) atoms. The summed E-state index contributed by atoms with van der Waals surface area (Å²) in [5.74, 6) is 1.35. The molecule has 3 rings (SSSR count). The first-order valence-electron chi connectivity index (χ1n) is 8.06. The molecule has 3 aromatic rings. The van der Waals surface area contributed by atoms with Crippen LogP contribution in [0.2, 0.25) is 0 Å². The number of benzene rings is 1. The van der Waals surface area contributed by atoms with Crippen LogP contribution in [0.15, 0.2) is 41.1 Å². The molecule has 0 spiro atoms. The first-order valence-corrected chi connectivity index (χ1v) is 8.06. The van der Waals surface area contributed by atoms with Crippen molar-refractivity contribution in [3.63, 3.8) is 0 Å². The average Bonchev–Trinajstić information content (AvgIpc) is 3.15. The van der Waals surface area contributed by atoms with Crippen molar-refractivity contribution in [3.05, 3.63) is 70.7 Å². The molecular formula is C19H20ArN2O4. The van der Waals surface area contributed by atoms with Gasteiger partial charge in [0.1, 0.15) is 11.5 Å². The number of aryl methyl sites for hydroxylation is 2. The molecule has 0 atom stereocenters. The zero-order valence-corrected chi connectivity index (χ0v) is 15.3. The van der Waals surface area contributed by atoms with E-state index in [1.54, 1.807) is 6.20 Å². The molecule has 7 heteroatoms. The summed E-state index contributed by atoms with van der Waals surface area (Å²) in [6.45, 7) is 4.25. The number of nitrogens with zero attached hydrogens (tertiary/aromatic N) is 1. The van der Waals surface area contributed by atoms with Crippen molar-refractivity contribution >= 4 is 5.97 Å². The average molecular weight is 380 g/mol. The van der Waals surface area contributed by atoms with Crippen LogP contribution in [0.5, 0.6) is 5.75 Å². The number of aromatic carboxylic acids is 1. The Bertz CT molecular complexity index is 868. The summed E-state index contributed by atoms with van der Waals surface area (Å²) in [7, 11) is 0. The Balaban J connectivity index is 0.00000243. The molecule has 0 saturated heterocycles. The van der Waals surface area contributed by atoms with Gasteiger partial charge >= 0.3 is 5.97 Å². The van der Waals surface area contributed by atoms with Crippen LogP contribution in [-0.4, -0.2) is 27.7 Å². The molecule has 138 valence electrons. The molecule has 0 amide bonds. The first kappa shape index (κ1) is 20.6. The van der Waals surface area contributed by atoms with Gasteiger partial charge in [0.25, 0.3) is 0 Å². The molecule has 0 aliphatic carbocycles. The summed E-state index contributed by atoms with van der Waals surface area (Å²) in [6.07, 6.45) is 4.47. The van der Waals surface area contributed by atoms with Crippen LogP contribution in [0, 0.1) is 51.6 Å². The molecule has 0 fully saturated rings. The van der Waals surface area contributed by atoms with Gasteiger partial charge in [0.15, 0.2) is 5.89 Å². The second kappa shape index (κ2) is 9.26. The van der Waals surface area contributed by atoms with Crippen LogP contribution >= 0.6 is 0 Å². The van der Waals surface area contributed by atoms with E-state index in [-0.39, 0.29) is 37.7 Å². The Morgan fingerprint density at radius 1 is 1.23 bits per heavy atom. The van der Waals surface area contributed by atoms with E-state index in [2.05, 4.69) is 9.97 Å². The minimum atomic E-state index is -0.922.